The van der Waals surface area contributed by atoms with E-state index in [1.165, 1.54) is 37.8 Å². The van der Waals surface area contributed by atoms with Crippen molar-refractivity contribution in [3.63, 3.8) is 0 Å². The van der Waals surface area contributed by atoms with E-state index in [1.807, 2.05) is 6.07 Å². The van der Waals surface area contributed by atoms with Gasteiger partial charge in [-0.15, -0.1) is 0 Å². The number of nitrogens with one attached hydrogen (secondary N) is 1. The van der Waals surface area contributed by atoms with E-state index in [0.717, 1.165) is 16.6 Å². The zero-order chi connectivity index (χ0) is 14.8. The van der Waals surface area contributed by atoms with E-state index < -0.39 is 0 Å². The summed E-state index contributed by atoms with van der Waals surface area (Å²) in [5, 5.41) is 3.63. The normalized spacial score (nSPS) is 19.5. The minimum atomic E-state index is -0.201. The van der Waals surface area contributed by atoms with Gasteiger partial charge in [-0.3, -0.25) is 0 Å². The molecule has 2 rings (SSSR count). The van der Waals surface area contributed by atoms with Crippen LogP contribution in [0, 0.1) is 5.82 Å². The fraction of sp³-hybridized carbons (Fsp3) is 0.625. The molecule has 0 spiro atoms. The lowest BCUT2D eigenvalue weighted by molar-refractivity contribution is 0.150. The summed E-state index contributed by atoms with van der Waals surface area (Å²) in [6.45, 7) is 3.11. The zero-order valence-electron chi connectivity index (χ0n) is 12.5. The summed E-state index contributed by atoms with van der Waals surface area (Å²) in [6.07, 6.45) is 5.14. The Kier molecular flexibility index (Phi) is 5.21. The predicted molar refractivity (Wildman–Crippen MR) is 85.4 cm³/mol. The van der Waals surface area contributed by atoms with Gasteiger partial charge in [-0.25, -0.2) is 4.39 Å². The maximum absolute atomic E-state index is 13.2. The van der Waals surface area contributed by atoms with E-state index in [9.17, 15) is 4.39 Å². The Morgan fingerprint density at radius 3 is 2.55 bits per heavy atom. The first kappa shape index (κ1) is 15.9. The molecule has 1 N–H and O–H groups in total. The molecule has 20 heavy (non-hydrogen) atoms. The summed E-state index contributed by atoms with van der Waals surface area (Å²) in [6, 6.07) is 5.12. The van der Waals surface area contributed by atoms with Crippen LogP contribution in [0.1, 0.15) is 44.2 Å². The van der Waals surface area contributed by atoms with Crippen molar-refractivity contribution in [3.05, 3.63) is 34.1 Å². The fourth-order valence-corrected chi connectivity index (χ4v) is 3.82. The average Bonchev–Trinajstić information content (AvgIpc) is 2.86. The highest BCUT2D eigenvalue weighted by molar-refractivity contribution is 9.10. The molecule has 1 aliphatic rings. The molecule has 4 heteroatoms. The lowest BCUT2D eigenvalue weighted by atomic mass is 9.95. The first-order valence-electron chi connectivity index (χ1n) is 7.30. The monoisotopic (exact) mass is 342 g/mol. The lowest BCUT2D eigenvalue weighted by Crippen LogP contribution is -2.50. The smallest absolute Gasteiger partial charge is 0.124 e. The SMILES string of the molecule is CC(NCC1(N(C)C)CCCC1)c1ccc(F)cc1Br. The molecule has 1 aromatic rings. The van der Waals surface area contributed by atoms with Crippen LogP contribution in [-0.2, 0) is 0 Å². The van der Waals surface area contributed by atoms with Crippen LogP contribution in [0.3, 0.4) is 0 Å². The number of halogens is 2. The first-order chi connectivity index (χ1) is 9.44. The second kappa shape index (κ2) is 6.54. The number of benzene rings is 1. The molecule has 1 fully saturated rings. The largest absolute Gasteiger partial charge is 0.308 e. The second-order valence-electron chi connectivity index (χ2n) is 6.09. The second-order valence-corrected chi connectivity index (χ2v) is 6.95. The average molecular weight is 343 g/mol. The van der Waals surface area contributed by atoms with E-state index in [2.05, 4.69) is 47.2 Å². The summed E-state index contributed by atoms with van der Waals surface area (Å²) in [5.41, 5.74) is 1.39. The molecule has 1 atom stereocenters. The summed E-state index contributed by atoms with van der Waals surface area (Å²) in [7, 11) is 4.34. The van der Waals surface area contributed by atoms with E-state index in [0.29, 0.717) is 0 Å². The molecule has 0 heterocycles. The Balaban J connectivity index is 2.02. The summed E-state index contributed by atoms with van der Waals surface area (Å²) in [4.78, 5) is 2.36. The predicted octanol–water partition coefficient (Wildman–Crippen LogP) is 4.11. The topological polar surface area (TPSA) is 15.3 Å². The summed E-state index contributed by atoms with van der Waals surface area (Å²) in [5.74, 6) is -0.201. The lowest BCUT2D eigenvalue weighted by Gasteiger charge is -2.37. The van der Waals surface area contributed by atoms with E-state index >= 15 is 0 Å². The Hall–Kier alpha value is -0.450. The van der Waals surface area contributed by atoms with Crippen molar-refractivity contribution in [2.24, 2.45) is 0 Å². The van der Waals surface area contributed by atoms with Crippen LogP contribution in [-0.4, -0.2) is 31.1 Å². The van der Waals surface area contributed by atoms with Crippen LogP contribution in [0.5, 0.6) is 0 Å². The molecule has 0 aliphatic heterocycles. The molecule has 1 aromatic carbocycles. The van der Waals surface area contributed by atoms with Gasteiger partial charge in [-0.2, -0.15) is 0 Å². The number of hydrogen-bond acceptors (Lipinski definition) is 2. The number of rotatable bonds is 5. The third-order valence-electron chi connectivity index (χ3n) is 4.65. The van der Waals surface area contributed by atoms with Gasteiger partial charge < -0.3 is 10.2 Å². The zero-order valence-corrected chi connectivity index (χ0v) is 14.1. The van der Waals surface area contributed by atoms with Crippen molar-refractivity contribution in [1.82, 2.24) is 10.2 Å². The molecule has 1 saturated carbocycles. The van der Waals surface area contributed by atoms with Gasteiger partial charge in [-0.1, -0.05) is 34.8 Å². The van der Waals surface area contributed by atoms with Crippen molar-refractivity contribution in [1.29, 1.82) is 0 Å². The van der Waals surface area contributed by atoms with Gasteiger partial charge in [0.25, 0.3) is 0 Å². The molecular weight excluding hydrogens is 319 g/mol. The van der Waals surface area contributed by atoms with Crippen molar-refractivity contribution in [2.75, 3.05) is 20.6 Å². The molecule has 112 valence electrons. The van der Waals surface area contributed by atoms with Crippen molar-refractivity contribution >= 4 is 15.9 Å². The van der Waals surface area contributed by atoms with Crippen LogP contribution < -0.4 is 5.32 Å². The number of likely N-dealkylation sites (N-methyl/N-ethyl adjacent to an activating group) is 1. The molecule has 0 bridgehead atoms. The van der Waals surface area contributed by atoms with Crippen LogP contribution in [0.25, 0.3) is 0 Å². The van der Waals surface area contributed by atoms with Crippen molar-refractivity contribution in [3.8, 4) is 0 Å². The molecule has 0 radical (unpaired) electrons. The van der Waals surface area contributed by atoms with Gasteiger partial charge in [-0.05, 0) is 51.6 Å². The Labute approximate surface area is 129 Å². The van der Waals surface area contributed by atoms with Crippen molar-refractivity contribution in [2.45, 2.75) is 44.2 Å². The standard InChI is InChI=1S/C16H24BrFN2/c1-12(14-7-6-13(18)10-15(14)17)19-11-16(20(2)3)8-4-5-9-16/h6-7,10,12,19H,4-5,8-9,11H2,1-3H3. The quantitative estimate of drug-likeness (QED) is 0.865. The molecule has 0 amide bonds. The number of nitrogens with zero attached hydrogens (tertiary/aromatic N) is 1. The van der Waals surface area contributed by atoms with Gasteiger partial charge in [0.15, 0.2) is 0 Å². The summed E-state index contributed by atoms with van der Waals surface area (Å²) < 4.78 is 14.0. The summed E-state index contributed by atoms with van der Waals surface area (Å²) >= 11 is 3.45. The van der Waals surface area contributed by atoms with Gasteiger partial charge in [0, 0.05) is 22.6 Å². The first-order valence-corrected chi connectivity index (χ1v) is 8.10. The van der Waals surface area contributed by atoms with E-state index in [4.69, 9.17) is 0 Å². The third-order valence-corrected chi connectivity index (χ3v) is 5.34. The molecule has 2 nitrogen and oxygen atoms in total. The van der Waals surface area contributed by atoms with Gasteiger partial charge in [0.05, 0.1) is 0 Å². The fourth-order valence-electron chi connectivity index (χ4n) is 3.12. The Morgan fingerprint density at radius 1 is 1.35 bits per heavy atom. The minimum Gasteiger partial charge on any atom is -0.308 e. The third kappa shape index (κ3) is 3.41. The molecular formula is C16H24BrFN2. The van der Waals surface area contributed by atoms with Crippen LogP contribution in [0.2, 0.25) is 0 Å². The van der Waals surface area contributed by atoms with Gasteiger partial charge >= 0.3 is 0 Å². The van der Waals surface area contributed by atoms with E-state index in [-0.39, 0.29) is 17.4 Å². The highest BCUT2D eigenvalue weighted by Gasteiger charge is 2.35. The van der Waals surface area contributed by atoms with Crippen LogP contribution >= 0.6 is 15.9 Å². The van der Waals surface area contributed by atoms with Crippen LogP contribution in [0.4, 0.5) is 4.39 Å². The Bertz CT molecular complexity index is 456. The highest BCUT2D eigenvalue weighted by Crippen LogP contribution is 2.34. The number of hydrogen-bond donors (Lipinski definition) is 1. The van der Waals surface area contributed by atoms with Crippen molar-refractivity contribution < 1.29 is 4.39 Å². The highest BCUT2D eigenvalue weighted by atomic mass is 79.9. The molecule has 1 aliphatic carbocycles. The Morgan fingerprint density at radius 2 is 2.00 bits per heavy atom. The minimum absolute atomic E-state index is 0.201. The van der Waals surface area contributed by atoms with E-state index in [1.54, 1.807) is 0 Å². The van der Waals surface area contributed by atoms with Crippen LogP contribution in [0.15, 0.2) is 22.7 Å². The molecule has 0 saturated heterocycles. The maximum atomic E-state index is 13.2. The van der Waals surface area contributed by atoms with Gasteiger partial charge in [0.2, 0.25) is 0 Å². The van der Waals surface area contributed by atoms with Gasteiger partial charge in [0.1, 0.15) is 5.82 Å². The molecule has 0 aromatic heterocycles. The maximum Gasteiger partial charge on any atom is 0.124 e. The molecule has 1 unspecified atom stereocenters.